The molecule has 0 aliphatic carbocycles. The highest BCUT2D eigenvalue weighted by molar-refractivity contribution is 5.23. The van der Waals surface area contributed by atoms with E-state index in [4.69, 9.17) is 10.5 Å². The van der Waals surface area contributed by atoms with Gasteiger partial charge in [-0.2, -0.15) is 0 Å². The molecule has 0 aliphatic rings. The van der Waals surface area contributed by atoms with E-state index in [2.05, 4.69) is 0 Å². The van der Waals surface area contributed by atoms with Gasteiger partial charge in [0.15, 0.2) is 0 Å². The summed E-state index contributed by atoms with van der Waals surface area (Å²) in [5.74, 6) is -0.0411. The summed E-state index contributed by atoms with van der Waals surface area (Å²) in [4.78, 5) is 0. The smallest absolute Gasteiger partial charge is 0.126 e. The minimum atomic E-state index is -0.302. The number of rotatable bonds is 6. The SMILES string of the molecule is NCC(CCOc1ccc(F)cc1)c1ccccc1F. The van der Waals surface area contributed by atoms with Gasteiger partial charge in [-0.15, -0.1) is 0 Å². The van der Waals surface area contributed by atoms with Crippen LogP contribution in [0.15, 0.2) is 48.5 Å². The number of ether oxygens (including phenoxy) is 1. The molecule has 2 N–H and O–H groups in total. The van der Waals surface area contributed by atoms with Crippen LogP contribution in [0.4, 0.5) is 8.78 Å². The summed E-state index contributed by atoms with van der Waals surface area (Å²) < 4.78 is 31.9. The second-order valence-corrected chi connectivity index (χ2v) is 4.55. The van der Waals surface area contributed by atoms with E-state index in [0.717, 1.165) is 0 Å². The van der Waals surface area contributed by atoms with Gasteiger partial charge in [0.1, 0.15) is 17.4 Å². The fraction of sp³-hybridized carbons (Fsp3) is 0.250. The van der Waals surface area contributed by atoms with Gasteiger partial charge in [-0.1, -0.05) is 18.2 Å². The average molecular weight is 277 g/mol. The summed E-state index contributed by atoms with van der Waals surface area (Å²) in [7, 11) is 0. The van der Waals surface area contributed by atoms with Gasteiger partial charge in [-0.25, -0.2) is 8.78 Å². The van der Waals surface area contributed by atoms with Crippen LogP contribution < -0.4 is 10.5 Å². The normalized spacial score (nSPS) is 12.2. The van der Waals surface area contributed by atoms with Crippen LogP contribution in [0.3, 0.4) is 0 Å². The first-order valence-corrected chi connectivity index (χ1v) is 6.53. The lowest BCUT2D eigenvalue weighted by Gasteiger charge is -2.16. The van der Waals surface area contributed by atoms with Crippen LogP contribution in [0.1, 0.15) is 17.9 Å². The highest BCUT2D eigenvalue weighted by atomic mass is 19.1. The molecule has 1 atom stereocenters. The van der Waals surface area contributed by atoms with E-state index < -0.39 is 0 Å². The Morgan fingerprint density at radius 2 is 1.70 bits per heavy atom. The van der Waals surface area contributed by atoms with Crippen LogP contribution in [0.5, 0.6) is 5.75 Å². The Kier molecular flexibility index (Phi) is 5.07. The van der Waals surface area contributed by atoms with E-state index in [0.29, 0.717) is 30.9 Å². The van der Waals surface area contributed by atoms with Gasteiger partial charge in [0.25, 0.3) is 0 Å². The van der Waals surface area contributed by atoms with E-state index in [9.17, 15) is 8.78 Å². The van der Waals surface area contributed by atoms with Crippen molar-refractivity contribution >= 4 is 0 Å². The van der Waals surface area contributed by atoms with Gasteiger partial charge in [0.2, 0.25) is 0 Å². The fourth-order valence-electron chi connectivity index (χ4n) is 2.06. The lowest BCUT2D eigenvalue weighted by Crippen LogP contribution is -2.16. The Labute approximate surface area is 117 Å². The molecule has 0 radical (unpaired) electrons. The molecule has 0 saturated heterocycles. The maximum absolute atomic E-state index is 13.7. The molecule has 2 aromatic carbocycles. The molecule has 0 fully saturated rings. The van der Waals surface area contributed by atoms with Crippen molar-refractivity contribution in [2.45, 2.75) is 12.3 Å². The van der Waals surface area contributed by atoms with Crippen molar-refractivity contribution in [2.24, 2.45) is 5.73 Å². The monoisotopic (exact) mass is 277 g/mol. The highest BCUT2D eigenvalue weighted by Gasteiger charge is 2.13. The van der Waals surface area contributed by atoms with Crippen LogP contribution in [0.2, 0.25) is 0 Å². The quantitative estimate of drug-likeness (QED) is 0.877. The van der Waals surface area contributed by atoms with Crippen LogP contribution in [-0.4, -0.2) is 13.2 Å². The maximum Gasteiger partial charge on any atom is 0.126 e. The molecule has 1 unspecified atom stereocenters. The first-order chi connectivity index (χ1) is 9.70. The van der Waals surface area contributed by atoms with Crippen molar-refractivity contribution in [2.75, 3.05) is 13.2 Å². The van der Waals surface area contributed by atoms with Crippen molar-refractivity contribution in [1.29, 1.82) is 0 Å². The van der Waals surface area contributed by atoms with Crippen molar-refractivity contribution in [1.82, 2.24) is 0 Å². The fourth-order valence-corrected chi connectivity index (χ4v) is 2.06. The lowest BCUT2D eigenvalue weighted by molar-refractivity contribution is 0.296. The van der Waals surface area contributed by atoms with Crippen molar-refractivity contribution in [3.05, 3.63) is 65.7 Å². The van der Waals surface area contributed by atoms with E-state index in [1.54, 1.807) is 30.3 Å². The first-order valence-electron chi connectivity index (χ1n) is 6.53. The highest BCUT2D eigenvalue weighted by Crippen LogP contribution is 2.22. The zero-order valence-electron chi connectivity index (χ0n) is 11.1. The Morgan fingerprint density at radius 3 is 2.35 bits per heavy atom. The second-order valence-electron chi connectivity index (χ2n) is 4.55. The third-order valence-electron chi connectivity index (χ3n) is 3.18. The summed E-state index contributed by atoms with van der Waals surface area (Å²) in [6.07, 6.45) is 0.606. The minimum absolute atomic E-state index is 0.0864. The van der Waals surface area contributed by atoms with Gasteiger partial charge in [-0.3, -0.25) is 0 Å². The lowest BCUT2D eigenvalue weighted by atomic mass is 9.96. The van der Waals surface area contributed by atoms with Gasteiger partial charge in [-0.05, 0) is 48.9 Å². The molecule has 2 rings (SSSR count). The Balaban J connectivity index is 1.91. The molecule has 0 amide bonds. The zero-order valence-corrected chi connectivity index (χ0v) is 11.1. The molecule has 20 heavy (non-hydrogen) atoms. The first kappa shape index (κ1) is 14.5. The van der Waals surface area contributed by atoms with Gasteiger partial charge in [0, 0.05) is 5.92 Å². The van der Waals surface area contributed by atoms with Crippen molar-refractivity contribution in [3.8, 4) is 5.75 Å². The third-order valence-corrected chi connectivity index (χ3v) is 3.18. The third kappa shape index (κ3) is 3.78. The number of halogens is 2. The van der Waals surface area contributed by atoms with E-state index in [1.165, 1.54) is 18.2 Å². The number of benzene rings is 2. The Morgan fingerprint density at radius 1 is 1.00 bits per heavy atom. The number of hydrogen-bond donors (Lipinski definition) is 1. The zero-order chi connectivity index (χ0) is 14.4. The van der Waals surface area contributed by atoms with Crippen LogP contribution >= 0.6 is 0 Å². The van der Waals surface area contributed by atoms with Crippen LogP contribution in [-0.2, 0) is 0 Å². The molecule has 4 heteroatoms. The molecule has 2 nitrogen and oxygen atoms in total. The van der Waals surface area contributed by atoms with E-state index >= 15 is 0 Å². The van der Waals surface area contributed by atoms with E-state index in [-0.39, 0.29) is 17.6 Å². The molecule has 2 aromatic rings. The van der Waals surface area contributed by atoms with Crippen LogP contribution in [0.25, 0.3) is 0 Å². The molecule has 0 aliphatic heterocycles. The molecule has 106 valence electrons. The summed E-state index contributed by atoms with van der Waals surface area (Å²) in [6.45, 7) is 0.759. The van der Waals surface area contributed by atoms with Crippen molar-refractivity contribution < 1.29 is 13.5 Å². The summed E-state index contributed by atoms with van der Waals surface area (Å²) in [5.41, 5.74) is 6.31. The molecule has 0 spiro atoms. The molecule has 0 saturated carbocycles. The largest absolute Gasteiger partial charge is 0.494 e. The minimum Gasteiger partial charge on any atom is -0.494 e. The topological polar surface area (TPSA) is 35.2 Å². The standard InChI is InChI=1S/C16H17F2NO/c17-13-5-7-14(8-6-13)20-10-9-12(11-19)15-3-1-2-4-16(15)18/h1-8,12H,9-11,19H2. The maximum atomic E-state index is 13.7. The number of nitrogens with two attached hydrogens (primary N) is 1. The summed E-state index contributed by atoms with van der Waals surface area (Å²) in [6, 6.07) is 12.4. The molecular weight excluding hydrogens is 260 g/mol. The number of hydrogen-bond acceptors (Lipinski definition) is 2. The Hall–Kier alpha value is -1.94. The van der Waals surface area contributed by atoms with Crippen molar-refractivity contribution in [3.63, 3.8) is 0 Å². The van der Waals surface area contributed by atoms with E-state index in [1.807, 2.05) is 0 Å². The van der Waals surface area contributed by atoms with Gasteiger partial charge in [0.05, 0.1) is 6.61 Å². The predicted octanol–water partition coefficient (Wildman–Crippen LogP) is 3.48. The summed E-state index contributed by atoms with van der Waals surface area (Å²) in [5, 5.41) is 0. The molecule has 0 heterocycles. The molecule has 0 bridgehead atoms. The van der Waals surface area contributed by atoms with Gasteiger partial charge < -0.3 is 10.5 Å². The molecular formula is C16H17F2NO. The van der Waals surface area contributed by atoms with Crippen LogP contribution in [0, 0.1) is 11.6 Å². The second kappa shape index (κ2) is 7.01. The average Bonchev–Trinajstić information content (AvgIpc) is 2.47. The molecule has 0 aromatic heterocycles. The Bertz CT molecular complexity index is 542. The predicted molar refractivity (Wildman–Crippen MR) is 74.7 cm³/mol. The van der Waals surface area contributed by atoms with Gasteiger partial charge >= 0.3 is 0 Å². The summed E-state index contributed by atoms with van der Waals surface area (Å²) >= 11 is 0.